The number of aryl methyl sites for hydroxylation is 2. The van der Waals surface area contributed by atoms with Gasteiger partial charge in [0.05, 0.1) is 10.6 Å². The zero-order valence-electron chi connectivity index (χ0n) is 21.7. The number of benzene rings is 2. The summed E-state index contributed by atoms with van der Waals surface area (Å²) in [4.78, 5) is 21.2. The van der Waals surface area contributed by atoms with Gasteiger partial charge in [0.25, 0.3) is 15.9 Å². The first kappa shape index (κ1) is 27.1. The Balaban J connectivity index is 1.99. The van der Waals surface area contributed by atoms with Crippen LogP contribution in [0.1, 0.15) is 62.0 Å². The van der Waals surface area contributed by atoms with Gasteiger partial charge < -0.3 is 10.1 Å². The van der Waals surface area contributed by atoms with Gasteiger partial charge in [-0.3, -0.25) is 4.79 Å². The van der Waals surface area contributed by atoms with Crippen LogP contribution in [-0.2, 0) is 10.0 Å². The average Bonchev–Trinajstić information content (AvgIpc) is 2.77. The Labute approximate surface area is 213 Å². The van der Waals surface area contributed by atoms with Gasteiger partial charge in [0.15, 0.2) is 0 Å². The molecular weight excluding hydrogens is 476 g/mol. The molecule has 1 amide bonds. The number of carbonyl (C=O) groups is 1. The highest BCUT2D eigenvalue weighted by Crippen LogP contribution is 2.30. The highest BCUT2D eigenvalue weighted by atomic mass is 32.2. The van der Waals surface area contributed by atoms with Crippen LogP contribution in [0.4, 0.5) is 5.95 Å². The number of amides is 1. The van der Waals surface area contributed by atoms with E-state index in [-0.39, 0.29) is 28.2 Å². The van der Waals surface area contributed by atoms with Crippen LogP contribution in [0.3, 0.4) is 0 Å². The van der Waals surface area contributed by atoms with E-state index in [1.807, 2.05) is 59.7 Å². The molecule has 0 aliphatic carbocycles. The molecule has 0 aliphatic rings. The minimum Gasteiger partial charge on any atom is -0.472 e. The maximum Gasteiger partial charge on any atom is 0.264 e. The molecule has 0 saturated carbocycles. The molecule has 192 valence electrons. The Kier molecular flexibility index (Phi) is 8.35. The first-order chi connectivity index (χ1) is 16.9. The van der Waals surface area contributed by atoms with Gasteiger partial charge in [-0.25, -0.2) is 18.1 Å². The smallest absolute Gasteiger partial charge is 0.264 e. The average molecular weight is 511 g/mol. The van der Waals surface area contributed by atoms with E-state index < -0.39 is 15.6 Å². The number of unbranched alkanes of at least 4 members (excludes halogenated alkanes) is 1. The number of ether oxygens (including phenoxy) is 1. The summed E-state index contributed by atoms with van der Waals surface area (Å²) >= 11 is 0. The van der Waals surface area contributed by atoms with E-state index >= 15 is 0 Å². The van der Waals surface area contributed by atoms with E-state index in [1.54, 1.807) is 12.1 Å². The molecule has 1 heterocycles. The minimum absolute atomic E-state index is 0.0648. The Morgan fingerprint density at radius 3 is 2.31 bits per heavy atom. The minimum atomic E-state index is -4.08. The summed E-state index contributed by atoms with van der Waals surface area (Å²) in [7, 11) is -4.08. The number of anilines is 1. The molecule has 0 unspecified atom stereocenters. The number of aromatic nitrogens is 2. The molecule has 2 aromatic carbocycles. The van der Waals surface area contributed by atoms with Gasteiger partial charge in [-0.15, -0.1) is 0 Å². The molecular formula is C27H34N4O4S. The van der Waals surface area contributed by atoms with E-state index in [4.69, 9.17) is 4.74 Å². The van der Waals surface area contributed by atoms with Crippen molar-refractivity contribution in [3.8, 4) is 17.1 Å². The molecule has 0 atom stereocenters. The standard InChI is InChI=1S/C27H34N4O4S/c1-7-8-15-28-25(32)20-13-10-14-21(16-20)36(33,34)31-26-29-22(17-23(30-26)35-27(4,5)6)24-18(2)11-9-12-19(24)3/h9-14,16-17H,7-8,15H2,1-6H3,(H,28,32)(H,29,30,31). The van der Waals surface area contributed by atoms with Crippen LogP contribution in [0.2, 0.25) is 0 Å². The summed E-state index contributed by atoms with van der Waals surface area (Å²) in [5.41, 5.74) is 3.11. The molecule has 0 saturated heterocycles. The molecule has 0 bridgehead atoms. The third-order valence-corrected chi connectivity index (χ3v) is 6.62. The number of nitrogens with one attached hydrogen (secondary N) is 2. The fourth-order valence-electron chi connectivity index (χ4n) is 3.65. The van der Waals surface area contributed by atoms with Crippen molar-refractivity contribution in [2.24, 2.45) is 0 Å². The van der Waals surface area contributed by atoms with Crippen LogP contribution >= 0.6 is 0 Å². The Morgan fingerprint density at radius 1 is 1.00 bits per heavy atom. The van der Waals surface area contributed by atoms with Crippen molar-refractivity contribution in [3.05, 3.63) is 65.2 Å². The van der Waals surface area contributed by atoms with Crippen molar-refractivity contribution in [3.63, 3.8) is 0 Å². The zero-order chi connectivity index (χ0) is 26.5. The van der Waals surface area contributed by atoms with E-state index in [0.717, 1.165) is 29.5 Å². The molecule has 0 radical (unpaired) electrons. The molecule has 36 heavy (non-hydrogen) atoms. The molecule has 8 nitrogen and oxygen atoms in total. The first-order valence-electron chi connectivity index (χ1n) is 12.0. The van der Waals surface area contributed by atoms with Crippen molar-refractivity contribution in [2.75, 3.05) is 11.3 Å². The number of nitrogens with zero attached hydrogens (tertiary/aromatic N) is 2. The van der Waals surface area contributed by atoms with Gasteiger partial charge in [-0.2, -0.15) is 4.98 Å². The van der Waals surface area contributed by atoms with E-state index in [0.29, 0.717) is 12.2 Å². The Morgan fingerprint density at radius 2 is 1.67 bits per heavy atom. The summed E-state index contributed by atoms with van der Waals surface area (Å²) in [6, 6.07) is 13.5. The summed E-state index contributed by atoms with van der Waals surface area (Å²) < 4.78 is 34.9. The predicted molar refractivity (Wildman–Crippen MR) is 142 cm³/mol. The fourth-order valence-corrected chi connectivity index (χ4v) is 4.64. The number of hydrogen-bond acceptors (Lipinski definition) is 6. The topological polar surface area (TPSA) is 110 Å². The van der Waals surface area contributed by atoms with Gasteiger partial charge in [-0.1, -0.05) is 37.6 Å². The quantitative estimate of drug-likeness (QED) is 0.380. The highest BCUT2D eigenvalue weighted by Gasteiger charge is 2.21. The number of carbonyl (C=O) groups excluding carboxylic acids is 1. The lowest BCUT2D eigenvalue weighted by atomic mass is 10.00. The fraction of sp³-hybridized carbons (Fsp3) is 0.370. The lowest BCUT2D eigenvalue weighted by Crippen LogP contribution is -2.25. The second kappa shape index (κ2) is 11.1. The molecule has 1 aromatic heterocycles. The molecule has 3 rings (SSSR count). The maximum atomic E-state index is 13.3. The molecule has 2 N–H and O–H groups in total. The maximum absolute atomic E-state index is 13.3. The molecule has 9 heteroatoms. The Bertz CT molecular complexity index is 1330. The van der Waals surface area contributed by atoms with Crippen LogP contribution in [-0.4, -0.2) is 36.4 Å². The van der Waals surface area contributed by atoms with Crippen molar-refractivity contribution in [1.82, 2.24) is 15.3 Å². The highest BCUT2D eigenvalue weighted by molar-refractivity contribution is 7.92. The summed E-state index contributed by atoms with van der Waals surface area (Å²) in [6.07, 6.45) is 1.79. The summed E-state index contributed by atoms with van der Waals surface area (Å²) in [5, 5.41) is 2.80. The molecule has 0 fully saturated rings. The predicted octanol–water partition coefficient (Wildman–Crippen LogP) is 5.27. The first-order valence-corrected chi connectivity index (χ1v) is 13.4. The van der Waals surface area contributed by atoms with Crippen LogP contribution in [0, 0.1) is 13.8 Å². The van der Waals surface area contributed by atoms with Crippen LogP contribution in [0.5, 0.6) is 5.88 Å². The van der Waals surface area contributed by atoms with Crippen LogP contribution in [0.25, 0.3) is 11.3 Å². The normalized spacial score (nSPS) is 11.7. The zero-order valence-corrected chi connectivity index (χ0v) is 22.5. The van der Waals surface area contributed by atoms with Gasteiger partial charge in [0, 0.05) is 23.7 Å². The van der Waals surface area contributed by atoms with Crippen molar-refractivity contribution >= 4 is 21.9 Å². The van der Waals surface area contributed by atoms with E-state index in [9.17, 15) is 13.2 Å². The monoisotopic (exact) mass is 510 g/mol. The second-order valence-electron chi connectivity index (χ2n) is 9.64. The molecule has 0 spiro atoms. The third kappa shape index (κ3) is 7.04. The van der Waals surface area contributed by atoms with Crippen molar-refractivity contribution < 1.29 is 17.9 Å². The lowest BCUT2D eigenvalue weighted by Gasteiger charge is -2.21. The van der Waals surface area contributed by atoms with Crippen molar-refractivity contribution in [1.29, 1.82) is 0 Å². The van der Waals surface area contributed by atoms with Crippen molar-refractivity contribution in [2.45, 2.75) is 64.9 Å². The summed E-state index contributed by atoms with van der Waals surface area (Å²) in [6.45, 7) is 12.1. The SMILES string of the molecule is CCCCNC(=O)c1cccc(S(=O)(=O)Nc2nc(OC(C)(C)C)cc(-c3c(C)cccc3C)n2)c1. The number of hydrogen-bond donors (Lipinski definition) is 2. The van der Waals surface area contributed by atoms with E-state index in [1.165, 1.54) is 18.2 Å². The van der Waals surface area contributed by atoms with Crippen LogP contribution in [0.15, 0.2) is 53.4 Å². The molecule has 0 aliphatic heterocycles. The third-order valence-electron chi connectivity index (χ3n) is 5.30. The summed E-state index contributed by atoms with van der Waals surface area (Å²) in [5.74, 6) is -0.196. The lowest BCUT2D eigenvalue weighted by molar-refractivity contribution is 0.0952. The Hall–Kier alpha value is -3.46. The van der Waals surface area contributed by atoms with Gasteiger partial charge >= 0.3 is 0 Å². The molecule has 3 aromatic rings. The van der Waals surface area contributed by atoms with E-state index in [2.05, 4.69) is 20.0 Å². The number of rotatable bonds is 9. The van der Waals surface area contributed by atoms with Gasteiger partial charge in [0.1, 0.15) is 5.60 Å². The second-order valence-corrected chi connectivity index (χ2v) is 11.3. The van der Waals surface area contributed by atoms with Gasteiger partial charge in [-0.05, 0) is 70.4 Å². The largest absolute Gasteiger partial charge is 0.472 e. The van der Waals surface area contributed by atoms with Gasteiger partial charge in [0.2, 0.25) is 11.8 Å². The van der Waals surface area contributed by atoms with Crippen LogP contribution < -0.4 is 14.8 Å². The number of sulfonamides is 1.